The fourth-order valence-electron chi connectivity index (χ4n) is 10.2. The van der Waals surface area contributed by atoms with Gasteiger partial charge in [0.1, 0.15) is 13.2 Å². The maximum absolute atomic E-state index is 12.9. The highest BCUT2D eigenvalue weighted by molar-refractivity contribution is 5.71. The summed E-state index contributed by atoms with van der Waals surface area (Å²) < 4.78 is 16.9. The zero-order valence-corrected chi connectivity index (χ0v) is 52.9. The van der Waals surface area contributed by atoms with Gasteiger partial charge in [-0.05, 0) is 103 Å². The molecule has 0 spiro atoms. The van der Waals surface area contributed by atoms with Crippen LogP contribution in [0, 0.1) is 0 Å². The highest BCUT2D eigenvalue weighted by atomic mass is 16.6. The molecule has 79 heavy (non-hydrogen) atoms. The molecule has 1 unspecified atom stereocenters. The molecule has 0 radical (unpaired) electrons. The Morgan fingerprint density at radius 2 is 0.468 bits per heavy atom. The average Bonchev–Trinajstić information content (AvgIpc) is 3.45. The van der Waals surface area contributed by atoms with Crippen molar-refractivity contribution in [1.29, 1.82) is 0 Å². The van der Waals surface area contributed by atoms with Crippen LogP contribution in [0.1, 0.15) is 367 Å². The van der Waals surface area contributed by atoms with E-state index in [2.05, 4.69) is 81.5 Å². The Hall–Kier alpha value is -2.89. The number of hydrogen-bond acceptors (Lipinski definition) is 6. The summed E-state index contributed by atoms with van der Waals surface area (Å²) in [6.45, 7) is 6.59. The lowest BCUT2D eigenvalue weighted by molar-refractivity contribution is -0.167. The second-order valence-electron chi connectivity index (χ2n) is 23.4. The van der Waals surface area contributed by atoms with Gasteiger partial charge in [0.2, 0.25) is 0 Å². The van der Waals surface area contributed by atoms with Gasteiger partial charge < -0.3 is 14.2 Å². The largest absolute Gasteiger partial charge is 0.462 e. The minimum atomic E-state index is -0.783. The molecule has 0 aliphatic heterocycles. The number of rotatable bonds is 64. The summed E-state index contributed by atoms with van der Waals surface area (Å²) in [5.41, 5.74) is 0. The molecule has 0 aromatic heterocycles. The number of carbonyl (C=O) groups is 3. The first kappa shape index (κ1) is 76.1. The van der Waals surface area contributed by atoms with Crippen LogP contribution in [0.3, 0.4) is 0 Å². The number of unbranched alkanes of at least 4 members (excludes halogenated alkanes) is 43. The van der Waals surface area contributed by atoms with Crippen LogP contribution in [-0.2, 0) is 28.6 Å². The fourth-order valence-corrected chi connectivity index (χ4v) is 10.2. The zero-order chi connectivity index (χ0) is 57.1. The van der Waals surface area contributed by atoms with Gasteiger partial charge >= 0.3 is 17.9 Å². The topological polar surface area (TPSA) is 78.9 Å². The molecular weight excluding hydrogens is 973 g/mol. The van der Waals surface area contributed by atoms with Crippen molar-refractivity contribution in [1.82, 2.24) is 0 Å². The Morgan fingerprint density at radius 1 is 0.253 bits per heavy atom. The molecule has 6 heteroatoms. The predicted octanol–water partition coefficient (Wildman–Crippen LogP) is 23.9. The van der Waals surface area contributed by atoms with Gasteiger partial charge in [0, 0.05) is 19.3 Å². The van der Waals surface area contributed by atoms with Crippen molar-refractivity contribution in [3.05, 3.63) is 60.8 Å². The van der Waals surface area contributed by atoms with Gasteiger partial charge in [-0.15, -0.1) is 0 Å². The SMILES string of the molecule is CCCC/C=C\CCCCCCCC(=O)OCC(COC(=O)CCCCCCCCCCCCCCCCCCCCCCCCC/C=C\C/C=C\CCCCCCC)OC(=O)CCCCCCC/C=C\C/C=C\CCCCC. The van der Waals surface area contributed by atoms with Gasteiger partial charge in [0.25, 0.3) is 0 Å². The van der Waals surface area contributed by atoms with Gasteiger partial charge in [-0.25, -0.2) is 0 Å². The molecule has 0 aromatic rings. The van der Waals surface area contributed by atoms with Crippen LogP contribution in [0.5, 0.6) is 0 Å². The van der Waals surface area contributed by atoms with Crippen LogP contribution in [0.2, 0.25) is 0 Å². The quantitative estimate of drug-likeness (QED) is 0.0261. The number of ether oxygens (including phenoxy) is 3. The van der Waals surface area contributed by atoms with E-state index in [-0.39, 0.29) is 31.1 Å². The number of hydrogen-bond donors (Lipinski definition) is 0. The van der Waals surface area contributed by atoms with Crippen LogP contribution in [-0.4, -0.2) is 37.2 Å². The van der Waals surface area contributed by atoms with E-state index < -0.39 is 6.10 Å². The molecule has 0 saturated heterocycles. The molecular formula is C73H132O6. The lowest BCUT2D eigenvalue weighted by Crippen LogP contribution is -2.30. The van der Waals surface area contributed by atoms with Crippen molar-refractivity contribution in [2.24, 2.45) is 0 Å². The molecule has 1 atom stereocenters. The van der Waals surface area contributed by atoms with Crippen LogP contribution < -0.4 is 0 Å². The third-order valence-electron chi connectivity index (χ3n) is 15.5. The Kier molecular flexibility index (Phi) is 65.1. The zero-order valence-electron chi connectivity index (χ0n) is 52.9. The fraction of sp³-hybridized carbons (Fsp3) is 0.822. The maximum atomic E-state index is 12.9. The summed E-state index contributed by atoms with van der Waals surface area (Å²) in [6, 6.07) is 0. The monoisotopic (exact) mass is 1110 g/mol. The molecule has 0 rings (SSSR count). The molecule has 0 saturated carbocycles. The summed E-state index contributed by atoms with van der Waals surface area (Å²) in [7, 11) is 0. The number of esters is 3. The molecule has 0 aromatic carbocycles. The van der Waals surface area contributed by atoms with Gasteiger partial charge in [0.05, 0.1) is 0 Å². The predicted molar refractivity (Wildman–Crippen MR) is 344 cm³/mol. The van der Waals surface area contributed by atoms with Crippen LogP contribution >= 0.6 is 0 Å². The Bertz CT molecular complexity index is 1410. The third-order valence-corrected chi connectivity index (χ3v) is 15.5. The molecule has 0 aliphatic carbocycles. The molecule has 0 aliphatic rings. The van der Waals surface area contributed by atoms with Gasteiger partial charge in [-0.2, -0.15) is 0 Å². The maximum Gasteiger partial charge on any atom is 0.306 e. The first-order chi connectivity index (χ1) is 39.0. The molecule has 0 fully saturated rings. The summed E-state index contributed by atoms with van der Waals surface area (Å²) in [5.74, 6) is -0.885. The number of carbonyl (C=O) groups excluding carboxylic acids is 3. The van der Waals surface area contributed by atoms with Crippen molar-refractivity contribution in [3.63, 3.8) is 0 Å². The van der Waals surface area contributed by atoms with E-state index in [0.29, 0.717) is 19.3 Å². The lowest BCUT2D eigenvalue weighted by atomic mass is 10.0. The molecule has 0 N–H and O–H groups in total. The Balaban J connectivity index is 4.03. The van der Waals surface area contributed by atoms with E-state index >= 15 is 0 Å². The molecule has 0 amide bonds. The van der Waals surface area contributed by atoms with Crippen molar-refractivity contribution >= 4 is 17.9 Å². The highest BCUT2D eigenvalue weighted by Gasteiger charge is 2.19. The minimum Gasteiger partial charge on any atom is -0.462 e. The Morgan fingerprint density at radius 3 is 0.772 bits per heavy atom. The van der Waals surface area contributed by atoms with Crippen LogP contribution in [0.15, 0.2) is 60.8 Å². The van der Waals surface area contributed by atoms with Gasteiger partial charge in [0.15, 0.2) is 6.10 Å². The second-order valence-corrected chi connectivity index (χ2v) is 23.4. The van der Waals surface area contributed by atoms with Crippen molar-refractivity contribution < 1.29 is 28.6 Å². The van der Waals surface area contributed by atoms with Crippen LogP contribution in [0.25, 0.3) is 0 Å². The summed E-state index contributed by atoms with van der Waals surface area (Å²) in [6.07, 6.45) is 87.0. The first-order valence-electron chi connectivity index (χ1n) is 34.8. The van der Waals surface area contributed by atoms with E-state index in [9.17, 15) is 14.4 Å². The first-order valence-corrected chi connectivity index (χ1v) is 34.8. The van der Waals surface area contributed by atoms with E-state index in [1.54, 1.807) is 0 Å². The van der Waals surface area contributed by atoms with Crippen LogP contribution in [0.4, 0.5) is 0 Å². The van der Waals surface area contributed by atoms with Crippen molar-refractivity contribution in [2.75, 3.05) is 13.2 Å². The molecule has 0 bridgehead atoms. The van der Waals surface area contributed by atoms with Gasteiger partial charge in [-0.1, -0.05) is 306 Å². The minimum absolute atomic E-state index is 0.0789. The van der Waals surface area contributed by atoms with Crippen molar-refractivity contribution in [3.8, 4) is 0 Å². The average molecular weight is 1110 g/mol. The normalized spacial score (nSPS) is 12.4. The molecule has 6 nitrogen and oxygen atoms in total. The molecule has 460 valence electrons. The summed E-state index contributed by atoms with van der Waals surface area (Å²) in [4.78, 5) is 38.2. The third kappa shape index (κ3) is 65.8. The highest BCUT2D eigenvalue weighted by Crippen LogP contribution is 2.18. The van der Waals surface area contributed by atoms with E-state index in [4.69, 9.17) is 14.2 Å². The number of allylic oxidation sites excluding steroid dienone is 10. The standard InChI is InChI=1S/C73H132O6/c1-4-7-10-13-16-19-22-24-26-27-28-29-30-31-32-33-34-35-36-37-38-39-40-41-42-43-44-45-47-48-51-54-57-60-63-66-72(75)78-69-70(68-77-71(74)65-62-59-56-53-50-21-18-15-12-9-6-3)79-73(76)67-64-61-58-55-52-49-46-25-23-20-17-14-11-8-5-2/h15,17-18,20,22,24-25,27-28,46,70H,4-14,16,19,21,23,26,29-45,47-69H2,1-3H3/b18-15-,20-17-,24-22-,28-27-,46-25-. The van der Waals surface area contributed by atoms with Crippen molar-refractivity contribution in [2.45, 2.75) is 374 Å². The second kappa shape index (κ2) is 67.6. The van der Waals surface area contributed by atoms with E-state index in [0.717, 1.165) is 96.3 Å². The van der Waals surface area contributed by atoms with Gasteiger partial charge in [-0.3, -0.25) is 14.4 Å². The smallest absolute Gasteiger partial charge is 0.306 e. The van der Waals surface area contributed by atoms with E-state index in [1.807, 2.05) is 0 Å². The summed E-state index contributed by atoms with van der Waals surface area (Å²) in [5, 5.41) is 0. The summed E-state index contributed by atoms with van der Waals surface area (Å²) >= 11 is 0. The molecule has 0 heterocycles. The van der Waals surface area contributed by atoms with E-state index in [1.165, 1.54) is 231 Å². The lowest BCUT2D eigenvalue weighted by Gasteiger charge is -2.18. The Labute approximate surface area is 491 Å².